The molecular formula is C14H12FNO4. The van der Waals surface area contributed by atoms with Gasteiger partial charge in [0.1, 0.15) is 6.61 Å². The largest absolute Gasteiger partial charge is 0.486 e. The van der Waals surface area contributed by atoms with Crippen LogP contribution in [-0.2, 0) is 13.2 Å². The second-order valence-corrected chi connectivity index (χ2v) is 4.14. The number of non-ortho nitro benzene ring substituents is 1. The maximum atomic E-state index is 13.6. The standard InChI is InChI=1S/C14H12FNO4/c15-13-7-12(16(18)19)5-6-14(13)20-9-11-3-1-10(8-17)2-4-11/h1-7,17H,8-9H2. The second kappa shape index (κ2) is 6.12. The molecule has 2 aromatic rings. The van der Waals surface area contributed by atoms with Crippen LogP contribution in [0.3, 0.4) is 0 Å². The summed E-state index contributed by atoms with van der Waals surface area (Å²) in [6.07, 6.45) is 0. The van der Waals surface area contributed by atoms with E-state index in [0.717, 1.165) is 17.2 Å². The van der Waals surface area contributed by atoms with Gasteiger partial charge in [0.15, 0.2) is 11.6 Å². The zero-order valence-corrected chi connectivity index (χ0v) is 10.5. The number of ether oxygens (including phenoxy) is 1. The highest BCUT2D eigenvalue weighted by atomic mass is 19.1. The number of hydrogen-bond acceptors (Lipinski definition) is 4. The SMILES string of the molecule is O=[N+]([O-])c1ccc(OCc2ccc(CO)cc2)c(F)c1. The van der Waals surface area contributed by atoms with E-state index in [-0.39, 0.29) is 24.7 Å². The summed E-state index contributed by atoms with van der Waals surface area (Å²) in [5.41, 5.74) is 1.26. The van der Waals surface area contributed by atoms with Crippen molar-refractivity contribution < 1.29 is 19.2 Å². The first-order valence-corrected chi connectivity index (χ1v) is 5.85. The van der Waals surface area contributed by atoms with Gasteiger partial charge in [-0.3, -0.25) is 10.1 Å². The molecule has 0 fully saturated rings. The molecule has 104 valence electrons. The molecule has 6 heteroatoms. The summed E-state index contributed by atoms with van der Waals surface area (Å²) in [5, 5.41) is 19.4. The monoisotopic (exact) mass is 277 g/mol. The average molecular weight is 277 g/mol. The van der Waals surface area contributed by atoms with Crippen LogP contribution >= 0.6 is 0 Å². The molecule has 0 heterocycles. The van der Waals surface area contributed by atoms with Crippen LogP contribution in [0.25, 0.3) is 0 Å². The zero-order valence-electron chi connectivity index (χ0n) is 10.5. The molecule has 0 saturated heterocycles. The Morgan fingerprint density at radius 2 is 1.80 bits per heavy atom. The Morgan fingerprint density at radius 1 is 1.15 bits per heavy atom. The van der Waals surface area contributed by atoms with E-state index in [1.807, 2.05) is 0 Å². The van der Waals surface area contributed by atoms with Crippen LogP contribution in [0.15, 0.2) is 42.5 Å². The van der Waals surface area contributed by atoms with Crippen LogP contribution in [-0.4, -0.2) is 10.0 Å². The molecule has 0 atom stereocenters. The molecule has 1 N–H and O–H groups in total. The molecule has 2 aromatic carbocycles. The van der Waals surface area contributed by atoms with Gasteiger partial charge in [-0.25, -0.2) is 4.39 Å². The van der Waals surface area contributed by atoms with E-state index in [2.05, 4.69) is 0 Å². The van der Waals surface area contributed by atoms with Crippen LogP contribution in [0.4, 0.5) is 10.1 Å². The number of nitro benzene ring substituents is 1. The Morgan fingerprint density at radius 3 is 2.35 bits per heavy atom. The third-order valence-electron chi connectivity index (χ3n) is 2.73. The van der Waals surface area contributed by atoms with Crippen LogP contribution < -0.4 is 4.74 Å². The normalized spacial score (nSPS) is 10.3. The summed E-state index contributed by atoms with van der Waals surface area (Å²) in [7, 11) is 0. The van der Waals surface area contributed by atoms with Gasteiger partial charge >= 0.3 is 0 Å². The van der Waals surface area contributed by atoms with Crippen molar-refractivity contribution in [2.45, 2.75) is 13.2 Å². The Balaban J connectivity index is 2.04. The molecule has 0 spiro atoms. The summed E-state index contributed by atoms with van der Waals surface area (Å²) in [4.78, 5) is 9.82. The Labute approximate surface area is 114 Å². The minimum absolute atomic E-state index is 0.0400. The fourth-order valence-electron chi connectivity index (χ4n) is 1.62. The van der Waals surface area contributed by atoms with Gasteiger partial charge in [-0.1, -0.05) is 24.3 Å². The molecule has 0 bridgehead atoms. The number of hydrogen-bond donors (Lipinski definition) is 1. The number of nitrogens with zero attached hydrogens (tertiary/aromatic N) is 1. The summed E-state index contributed by atoms with van der Waals surface area (Å²) in [5.74, 6) is -0.812. The summed E-state index contributed by atoms with van der Waals surface area (Å²) in [6, 6.07) is 10.2. The fourth-order valence-corrected chi connectivity index (χ4v) is 1.62. The molecule has 0 saturated carbocycles. The van der Waals surface area contributed by atoms with Gasteiger partial charge in [0.2, 0.25) is 0 Å². The van der Waals surface area contributed by atoms with E-state index < -0.39 is 10.7 Å². The van der Waals surface area contributed by atoms with Crippen molar-refractivity contribution >= 4 is 5.69 Å². The van der Waals surface area contributed by atoms with Gasteiger partial charge in [0, 0.05) is 6.07 Å². The quantitative estimate of drug-likeness (QED) is 0.673. The van der Waals surface area contributed by atoms with E-state index in [1.54, 1.807) is 24.3 Å². The molecule has 20 heavy (non-hydrogen) atoms. The Bertz CT molecular complexity index is 613. The lowest BCUT2D eigenvalue weighted by Crippen LogP contribution is -1.98. The van der Waals surface area contributed by atoms with E-state index >= 15 is 0 Å². The Hall–Kier alpha value is -2.47. The van der Waals surface area contributed by atoms with Crippen LogP contribution in [0, 0.1) is 15.9 Å². The maximum absolute atomic E-state index is 13.6. The first-order valence-electron chi connectivity index (χ1n) is 5.85. The molecule has 0 aliphatic rings. The lowest BCUT2D eigenvalue weighted by Gasteiger charge is -2.07. The molecule has 0 aliphatic heterocycles. The van der Waals surface area contributed by atoms with Gasteiger partial charge < -0.3 is 9.84 Å². The van der Waals surface area contributed by atoms with Crippen molar-refractivity contribution in [2.24, 2.45) is 0 Å². The van der Waals surface area contributed by atoms with Crippen molar-refractivity contribution in [1.29, 1.82) is 0 Å². The van der Waals surface area contributed by atoms with Gasteiger partial charge in [-0.2, -0.15) is 0 Å². The molecule has 0 aliphatic carbocycles. The highest BCUT2D eigenvalue weighted by Gasteiger charge is 2.11. The lowest BCUT2D eigenvalue weighted by atomic mass is 10.1. The highest BCUT2D eigenvalue weighted by molar-refractivity contribution is 5.37. The fraction of sp³-hybridized carbons (Fsp3) is 0.143. The maximum Gasteiger partial charge on any atom is 0.272 e. The summed E-state index contributed by atoms with van der Waals surface area (Å²) in [6.45, 7) is 0.0958. The van der Waals surface area contributed by atoms with Crippen molar-refractivity contribution in [3.8, 4) is 5.75 Å². The average Bonchev–Trinajstić information content (AvgIpc) is 2.46. The van der Waals surface area contributed by atoms with E-state index in [0.29, 0.717) is 0 Å². The van der Waals surface area contributed by atoms with E-state index in [1.165, 1.54) is 12.1 Å². The number of aliphatic hydroxyl groups is 1. The first kappa shape index (κ1) is 14.0. The molecule has 2 rings (SSSR count). The minimum atomic E-state index is -0.772. The summed E-state index contributed by atoms with van der Waals surface area (Å²) < 4.78 is 18.8. The third kappa shape index (κ3) is 3.30. The smallest absolute Gasteiger partial charge is 0.272 e. The lowest BCUT2D eigenvalue weighted by molar-refractivity contribution is -0.385. The number of halogens is 1. The highest BCUT2D eigenvalue weighted by Crippen LogP contribution is 2.23. The molecule has 0 unspecified atom stereocenters. The molecule has 5 nitrogen and oxygen atoms in total. The minimum Gasteiger partial charge on any atom is -0.486 e. The van der Waals surface area contributed by atoms with Crippen LogP contribution in [0.5, 0.6) is 5.75 Å². The third-order valence-corrected chi connectivity index (χ3v) is 2.73. The molecular weight excluding hydrogens is 265 g/mol. The topological polar surface area (TPSA) is 72.6 Å². The number of nitro groups is 1. The molecule has 0 amide bonds. The van der Waals surface area contributed by atoms with Crippen LogP contribution in [0.2, 0.25) is 0 Å². The number of rotatable bonds is 5. The van der Waals surface area contributed by atoms with E-state index in [9.17, 15) is 14.5 Å². The predicted molar refractivity (Wildman–Crippen MR) is 69.8 cm³/mol. The van der Waals surface area contributed by atoms with Crippen molar-refractivity contribution in [1.82, 2.24) is 0 Å². The van der Waals surface area contributed by atoms with Gasteiger partial charge in [-0.15, -0.1) is 0 Å². The van der Waals surface area contributed by atoms with Gasteiger partial charge in [0.25, 0.3) is 5.69 Å². The predicted octanol–water partition coefficient (Wildman–Crippen LogP) is 2.81. The molecule has 0 aromatic heterocycles. The first-order chi connectivity index (χ1) is 9.60. The van der Waals surface area contributed by atoms with Crippen LogP contribution in [0.1, 0.15) is 11.1 Å². The Kier molecular flexibility index (Phi) is 4.27. The van der Waals surface area contributed by atoms with Gasteiger partial charge in [-0.05, 0) is 17.2 Å². The summed E-state index contributed by atoms with van der Waals surface area (Å²) >= 11 is 0. The molecule has 0 radical (unpaired) electrons. The number of aliphatic hydroxyl groups excluding tert-OH is 1. The van der Waals surface area contributed by atoms with Crippen molar-refractivity contribution in [3.05, 3.63) is 69.5 Å². The number of benzene rings is 2. The van der Waals surface area contributed by atoms with Crippen molar-refractivity contribution in [2.75, 3.05) is 0 Å². The van der Waals surface area contributed by atoms with Gasteiger partial charge in [0.05, 0.1) is 17.6 Å². The second-order valence-electron chi connectivity index (χ2n) is 4.14. The zero-order chi connectivity index (χ0) is 14.5. The van der Waals surface area contributed by atoms with E-state index in [4.69, 9.17) is 9.84 Å². The van der Waals surface area contributed by atoms with Crippen molar-refractivity contribution in [3.63, 3.8) is 0 Å².